The van der Waals surface area contributed by atoms with Crippen LogP contribution in [0.4, 0.5) is 0 Å². The van der Waals surface area contributed by atoms with E-state index < -0.39 is 0 Å². The Hall–Kier alpha value is -1.46. The molecule has 0 fully saturated rings. The molecule has 19 heavy (non-hydrogen) atoms. The third kappa shape index (κ3) is 2.24. The van der Waals surface area contributed by atoms with Crippen LogP contribution in [-0.4, -0.2) is 15.8 Å². The molecular formula is C14H8Br2N2O. The van der Waals surface area contributed by atoms with Gasteiger partial charge in [-0.1, -0.05) is 15.9 Å². The van der Waals surface area contributed by atoms with E-state index in [4.69, 9.17) is 0 Å². The van der Waals surface area contributed by atoms with Crippen molar-refractivity contribution in [2.45, 2.75) is 0 Å². The second-order valence-electron chi connectivity index (χ2n) is 4.06. The van der Waals surface area contributed by atoms with Crippen molar-refractivity contribution in [3.05, 3.63) is 62.8 Å². The number of halogens is 2. The minimum atomic E-state index is -0.0291. The summed E-state index contributed by atoms with van der Waals surface area (Å²) in [6.45, 7) is 0. The second-order valence-corrected chi connectivity index (χ2v) is 5.83. The topological polar surface area (TPSA) is 45.8 Å². The molecule has 0 bridgehead atoms. The van der Waals surface area contributed by atoms with Crippen LogP contribution in [0.2, 0.25) is 0 Å². The lowest BCUT2D eigenvalue weighted by molar-refractivity contribution is 0.103. The molecular weight excluding hydrogens is 372 g/mol. The van der Waals surface area contributed by atoms with E-state index in [0.29, 0.717) is 11.1 Å². The largest absolute Gasteiger partial charge is 0.345 e. The van der Waals surface area contributed by atoms with Gasteiger partial charge in [0.15, 0.2) is 5.78 Å². The SMILES string of the molecule is O=C(c1ccc(Br)cc1Br)c1c[nH]c2ncccc12. The smallest absolute Gasteiger partial charge is 0.196 e. The van der Waals surface area contributed by atoms with E-state index in [0.717, 1.165) is 20.0 Å². The van der Waals surface area contributed by atoms with E-state index in [9.17, 15) is 4.79 Å². The number of ketones is 1. The number of hydrogen-bond acceptors (Lipinski definition) is 2. The van der Waals surface area contributed by atoms with Gasteiger partial charge in [-0.25, -0.2) is 4.98 Å². The first-order chi connectivity index (χ1) is 9.16. The summed E-state index contributed by atoms with van der Waals surface area (Å²) in [5.41, 5.74) is 1.98. The lowest BCUT2D eigenvalue weighted by Gasteiger charge is -2.03. The zero-order valence-corrected chi connectivity index (χ0v) is 12.8. The third-order valence-corrected chi connectivity index (χ3v) is 4.02. The summed E-state index contributed by atoms with van der Waals surface area (Å²) in [5.74, 6) is -0.0291. The number of carbonyl (C=O) groups is 1. The molecule has 0 saturated heterocycles. The van der Waals surface area contributed by atoms with Gasteiger partial charge in [-0.05, 0) is 46.3 Å². The van der Waals surface area contributed by atoms with Crippen LogP contribution in [0.15, 0.2) is 51.7 Å². The van der Waals surface area contributed by atoms with Crippen LogP contribution in [0, 0.1) is 0 Å². The highest BCUT2D eigenvalue weighted by Crippen LogP contribution is 2.26. The Morgan fingerprint density at radius 2 is 2.00 bits per heavy atom. The normalized spacial score (nSPS) is 10.8. The molecule has 3 rings (SSSR count). The maximum absolute atomic E-state index is 12.6. The molecule has 3 aromatic rings. The van der Waals surface area contributed by atoms with Crippen LogP contribution in [0.3, 0.4) is 0 Å². The molecule has 2 aromatic heterocycles. The van der Waals surface area contributed by atoms with Crippen molar-refractivity contribution in [2.24, 2.45) is 0 Å². The predicted octanol–water partition coefficient (Wildman–Crippen LogP) is 4.32. The summed E-state index contributed by atoms with van der Waals surface area (Å²) >= 11 is 6.80. The van der Waals surface area contributed by atoms with E-state index in [1.807, 2.05) is 24.3 Å². The minimum absolute atomic E-state index is 0.0291. The zero-order chi connectivity index (χ0) is 13.4. The van der Waals surface area contributed by atoms with E-state index >= 15 is 0 Å². The number of nitrogens with zero attached hydrogens (tertiary/aromatic N) is 1. The number of nitrogens with one attached hydrogen (secondary N) is 1. The lowest BCUT2D eigenvalue weighted by atomic mass is 10.0. The molecule has 0 aliphatic heterocycles. The van der Waals surface area contributed by atoms with Crippen LogP contribution in [0.1, 0.15) is 15.9 Å². The Morgan fingerprint density at radius 1 is 1.16 bits per heavy atom. The van der Waals surface area contributed by atoms with Gasteiger partial charge in [-0.15, -0.1) is 0 Å². The monoisotopic (exact) mass is 378 g/mol. The summed E-state index contributed by atoms with van der Waals surface area (Å²) in [4.78, 5) is 19.8. The van der Waals surface area contributed by atoms with Crippen molar-refractivity contribution in [3.8, 4) is 0 Å². The van der Waals surface area contributed by atoms with E-state index in [2.05, 4.69) is 41.8 Å². The van der Waals surface area contributed by atoms with Crippen molar-refractivity contribution in [2.75, 3.05) is 0 Å². The Bertz CT molecular complexity index is 780. The van der Waals surface area contributed by atoms with Crippen LogP contribution in [0.5, 0.6) is 0 Å². The van der Waals surface area contributed by atoms with Gasteiger partial charge in [-0.3, -0.25) is 4.79 Å². The average molecular weight is 380 g/mol. The molecule has 0 atom stereocenters. The minimum Gasteiger partial charge on any atom is -0.345 e. The van der Waals surface area contributed by atoms with Crippen molar-refractivity contribution in [3.63, 3.8) is 0 Å². The Kier molecular flexibility index (Phi) is 3.24. The molecule has 0 aliphatic rings. The summed E-state index contributed by atoms with van der Waals surface area (Å²) in [5, 5.41) is 0.835. The number of H-pyrrole nitrogens is 1. The summed E-state index contributed by atoms with van der Waals surface area (Å²) < 4.78 is 1.70. The number of benzene rings is 1. The van der Waals surface area contributed by atoms with E-state index in [1.54, 1.807) is 18.5 Å². The van der Waals surface area contributed by atoms with E-state index in [1.165, 1.54) is 0 Å². The fourth-order valence-corrected chi connectivity index (χ4v) is 3.19. The number of rotatable bonds is 2. The number of hydrogen-bond donors (Lipinski definition) is 1. The number of aromatic amines is 1. The second kappa shape index (κ2) is 4.90. The Morgan fingerprint density at radius 3 is 2.79 bits per heavy atom. The van der Waals surface area contributed by atoms with Gasteiger partial charge in [0.1, 0.15) is 5.65 Å². The molecule has 2 heterocycles. The highest BCUT2D eigenvalue weighted by atomic mass is 79.9. The molecule has 1 N–H and O–H groups in total. The van der Waals surface area contributed by atoms with Gasteiger partial charge in [0.05, 0.1) is 0 Å². The predicted molar refractivity (Wildman–Crippen MR) is 81.4 cm³/mol. The molecule has 0 radical (unpaired) electrons. The molecule has 94 valence electrons. The van der Waals surface area contributed by atoms with Crippen LogP contribution in [-0.2, 0) is 0 Å². The maximum Gasteiger partial charge on any atom is 0.196 e. The summed E-state index contributed by atoms with van der Waals surface area (Å²) in [6, 6.07) is 9.22. The van der Waals surface area contributed by atoms with Crippen molar-refractivity contribution in [1.29, 1.82) is 0 Å². The van der Waals surface area contributed by atoms with Crippen molar-refractivity contribution >= 4 is 48.7 Å². The number of aromatic nitrogens is 2. The quantitative estimate of drug-likeness (QED) is 0.674. The standard InChI is InChI=1S/C14H8Br2N2O/c15-8-3-4-10(12(16)6-8)13(19)11-7-18-14-9(11)2-1-5-17-14/h1-7H,(H,17,18). The Balaban J connectivity index is 2.13. The number of carbonyl (C=O) groups excluding carboxylic acids is 1. The highest BCUT2D eigenvalue weighted by molar-refractivity contribution is 9.11. The summed E-state index contributed by atoms with van der Waals surface area (Å²) in [6.07, 6.45) is 3.40. The van der Waals surface area contributed by atoms with Crippen LogP contribution >= 0.6 is 31.9 Å². The molecule has 0 saturated carbocycles. The molecule has 0 aliphatic carbocycles. The number of fused-ring (bicyclic) bond motifs is 1. The van der Waals surface area contributed by atoms with Gasteiger partial charge >= 0.3 is 0 Å². The molecule has 5 heteroatoms. The van der Waals surface area contributed by atoms with Crippen molar-refractivity contribution in [1.82, 2.24) is 9.97 Å². The van der Waals surface area contributed by atoms with E-state index in [-0.39, 0.29) is 5.78 Å². The van der Waals surface area contributed by atoms with Crippen LogP contribution in [0.25, 0.3) is 11.0 Å². The van der Waals surface area contributed by atoms with Gasteiger partial charge in [0.25, 0.3) is 0 Å². The molecule has 0 unspecified atom stereocenters. The first-order valence-corrected chi connectivity index (χ1v) is 7.17. The number of pyridine rings is 1. The van der Waals surface area contributed by atoms with Crippen molar-refractivity contribution < 1.29 is 4.79 Å². The Labute approximate surface area is 126 Å². The van der Waals surface area contributed by atoms with Gasteiger partial charge in [-0.2, -0.15) is 0 Å². The molecule has 0 amide bonds. The zero-order valence-electron chi connectivity index (χ0n) is 9.65. The molecule has 3 nitrogen and oxygen atoms in total. The van der Waals surface area contributed by atoms with Crippen LogP contribution < -0.4 is 0 Å². The molecule has 1 aromatic carbocycles. The third-order valence-electron chi connectivity index (χ3n) is 2.87. The fraction of sp³-hybridized carbons (Fsp3) is 0. The lowest BCUT2D eigenvalue weighted by Crippen LogP contribution is -2.01. The summed E-state index contributed by atoms with van der Waals surface area (Å²) in [7, 11) is 0. The van der Waals surface area contributed by atoms with Gasteiger partial charge in [0.2, 0.25) is 0 Å². The van der Waals surface area contributed by atoms with Gasteiger partial charge in [0, 0.05) is 37.9 Å². The first-order valence-electron chi connectivity index (χ1n) is 5.58. The van der Waals surface area contributed by atoms with Gasteiger partial charge < -0.3 is 4.98 Å². The maximum atomic E-state index is 12.6. The fourth-order valence-electron chi connectivity index (χ4n) is 1.96. The first kappa shape index (κ1) is 12.6. The highest BCUT2D eigenvalue weighted by Gasteiger charge is 2.16. The average Bonchev–Trinajstić information content (AvgIpc) is 2.82. The molecule has 0 spiro atoms.